The number of carbonyl (C=O) groups is 1. The molecule has 1 atom stereocenters. The van der Waals surface area contributed by atoms with E-state index in [0.29, 0.717) is 6.42 Å². The van der Waals surface area contributed by atoms with Crippen LogP contribution in [-0.2, 0) is 4.79 Å². The summed E-state index contributed by atoms with van der Waals surface area (Å²) >= 11 is 1.60. The van der Waals surface area contributed by atoms with Gasteiger partial charge in [0.25, 0.3) is 0 Å². The van der Waals surface area contributed by atoms with Crippen LogP contribution in [0.5, 0.6) is 0 Å². The van der Waals surface area contributed by atoms with Crippen LogP contribution in [0.25, 0.3) is 0 Å². The van der Waals surface area contributed by atoms with E-state index in [2.05, 4.69) is 0 Å². The van der Waals surface area contributed by atoms with Gasteiger partial charge in [0.2, 0.25) is 0 Å². The summed E-state index contributed by atoms with van der Waals surface area (Å²) in [6.45, 7) is 0. The van der Waals surface area contributed by atoms with Crippen molar-refractivity contribution in [2.75, 3.05) is 12.0 Å². The predicted molar refractivity (Wildman–Crippen MR) is 44.4 cm³/mol. The lowest BCUT2D eigenvalue weighted by molar-refractivity contribution is -0.138. The van der Waals surface area contributed by atoms with Gasteiger partial charge in [-0.15, -0.1) is 0 Å². The molecule has 0 fully saturated rings. The summed E-state index contributed by atoms with van der Waals surface area (Å²) in [6, 6.07) is -0.683. The summed E-state index contributed by atoms with van der Waals surface area (Å²) < 4.78 is 0. The Hall–Kier alpha value is -0.155. The molecule has 5 heteroatoms. The molecule has 0 bridgehead atoms. The fraction of sp³-hybridized carbons (Fsp3) is 0.800. The molecule has 10 heavy (non-hydrogen) atoms. The van der Waals surface area contributed by atoms with Crippen LogP contribution < -0.4 is 5.73 Å². The van der Waals surface area contributed by atoms with Crippen LogP contribution >= 0.6 is 11.8 Å². The highest BCUT2D eigenvalue weighted by Gasteiger charge is 2.08. The molecule has 3 N–H and O–H groups in total. The summed E-state index contributed by atoms with van der Waals surface area (Å²) in [5.41, 5.74) is 5.19. The maximum Gasteiger partial charge on any atom is 0.320 e. The van der Waals surface area contributed by atoms with Gasteiger partial charge in [0.1, 0.15) is 6.04 Å². The number of nitrogens with two attached hydrogens (primary N) is 1. The molecule has 0 aromatic heterocycles. The molecule has 0 aliphatic rings. The Balaban J connectivity index is 0. The van der Waals surface area contributed by atoms with E-state index in [1.807, 2.05) is 6.26 Å². The molecular weight excluding hydrogens is 149 g/mol. The normalized spacial score (nSPS) is 11.8. The third-order valence-electron chi connectivity index (χ3n) is 0.950. The van der Waals surface area contributed by atoms with Crippen molar-refractivity contribution in [3.8, 4) is 0 Å². The van der Waals surface area contributed by atoms with Crippen molar-refractivity contribution in [1.29, 1.82) is 0 Å². The van der Waals surface area contributed by atoms with Gasteiger partial charge >= 0.3 is 5.97 Å². The lowest BCUT2D eigenvalue weighted by Gasteiger charge is -2.02. The second-order valence-corrected chi connectivity index (χ2v) is 2.71. The Morgan fingerprint density at radius 3 is 2.60 bits per heavy atom. The van der Waals surface area contributed by atoms with Gasteiger partial charge in [-0.1, -0.05) is 0 Å². The van der Waals surface area contributed by atoms with Crippen molar-refractivity contribution in [3.05, 3.63) is 0 Å². The summed E-state index contributed by atoms with van der Waals surface area (Å²) in [5, 5.41) is 8.27. The van der Waals surface area contributed by atoms with E-state index in [0.717, 1.165) is 5.75 Å². The Morgan fingerprint density at radius 2 is 2.30 bits per heavy atom. The number of carboxylic acids is 1. The van der Waals surface area contributed by atoms with E-state index in [1.54, 1.807) is 11.8 Å². The first-order valence-corrected chi connectivity index (χ1v) is 4.05. The Kier molecular flexibility index (Phi) is 8.71. The zero-order valence-electron chi connectivity index (χ0n) is 5.91. The van der Waals surface area contributed by atoms with Gasteiger partial charge in [-0.25, -0.2) is 0 Å². The molecule has 0 spiro atoms. The molecular formula is C5H11BNO2S. The average Bonchev–Trinajstić information content (AvgIpc) is 1.82. The molecule has 0 aliphatic carbocycles. The van der Waals surface area contributed by atoms with Crippen molar-refractivity contribution in [1.82, 2.24) is 0 Å². The quantitative estimate of drug-likeness (QED) is 0.557. The average molecular weight is 160 g/mol. The van der Waals surface area contributed by atoms with Crippen molar-refractivity contribution < 1.29 is 9.90 Å². The number of hydrogen-bond acceptors (Lipinski definition) is 3. The highest BCUT2D eigenvalue weighted by molar-refractivity contribution is 7.98. The van der Waals surface area contributed by atoms with Gasteiger partial charge in [0.05, 0.1) is 0 Å². The summed E-state index contributed by atoms with van der Waals surface area (Å²) in [5.74, 6) is -0.1000. The van der Waals surface area contributed by atoms with Crippen LogP contribution in [0.3, 0.4) is 0 Å². The van der Waals surface area contributed by atoms with Crippen LogP contribution in [0.15, 0.2) is 0 Å². The fourth-order valence-corrected chi connectivity index (χ4v) is 0.858. The first-order chi connectivity index (χ1) is 4.18. The van der Waals surface area contributed by atoms with E-state index >= 15 is 0 Å². The van der Waals surface area contributed by atoms with Crippen molar-refractivity contribution in [2.24, 2.45) is 5.73 Å². The predicted octanol–water partition coefficient (Wildman–Crippen LogP) is -0.229. The molecule has 0 amide bonds. The molecule has 0 rings (SSSR count). The van der Waals surface area contributed by atoms with Crippen molar-refractivity contribution in [3.63, 3.8) is 0 Å². The number of carboxylic acid groups (broad SMARTS) is 1. The third kappa shape index (κ3) is 5.97. The van der Waals surface area contributed by atoms with Crippen LogP contribution in [0.1, 0.15) is 6.42 Å². The van der Waals surface area contributed by atoms with Crippen LogP contribution in [0.2, 0.25) is 0 Å². The van der Waals surface area contributed by atoms with E-state index in [9.17, 15) is 4.79 Å². The standard InChI is InChI=1S/C5H11NO2S.B/c1-9-3-2-4(6)5(7)8;/h4H,2-3,6H2,1H3,(H,7,8);/t4-;/m0./s1. The highest BCUT2D eigenvalue weighted by Crippen LogP contribution is 1.97. The topological polar surface area (TPSA) is 63.3 Å². The molecule has 0 saturated carbocycles. The molecule has 0 aromatic rings. The number of aliphatic carboxylic acids is 1. The summed E-state index contributed by atoms with van der Waals surface area (Å²) in [7, 11) is 0. The van der Waals surface area contributed by atoms with Crippen LogP contribution in [0.4, 0.5) is 0 Å². The summed E-state index contributed by atoms with van der Waals surface area (Å²) in [6.07, 6.45) is 2.48. The van der Waals surface area contributed by atoms with Gasteiger partial charge in [-0.3, -0.25) is 4.79 Å². The second-order valence-electron chi connectivity index (χ2n) is 1.73. The van der Waals surface area contributed by atoms with Crippen molar-refractivity contribution >= 4 is 26.1 Å². The lowest BCUT2D eigenvalue weighted by Crippen LogP contribution is -2.30. The number of rotatable bonds is 4. The number of hydrogen-bond donors (Lipinski definition) is 2. The zero-order valence-corrected chi connectivity index (χ0v) is 6.73. The zero-order chi connectivity index (χ0) is 7.28. The van der Waals surface area contributed by atoms with Gasteiger partial charge in [0.15, 0.2) is 0 Å². The van der Waals surface area contributed by atoms with E-state index in [-0.39, 0.29) is 8.41 Å². The van der Waals surface area contributed by atoms with Crippen LogP contribution in [-0.4, -0.2) is 37.5 Å². The fourth-order valence-electron chi connectivity index (χ4n) is 0.368. The monoisotopic (exact) mass is 160 g/mol. The maximum atomic E-state index is 10.1. The molecule has 57 valence electrons. The van der Waals surface area contributed by atoms with E-state index in [4.69, 9.17) is 10.8 Å². The maximum absolute atomic E-state index is 10.1. The van der Waals surface area contributed by atoms with Gasteiger partial charge < -0.3 is 10.8 Å². The molecule has 0 aromatic carbocycles. The lowest BCUT2D eigenvalue weighted by atomic mass is 10.2. The van der Waals surface area contributed by atoms with Gasteiger partial charge in [0, 0.05) is 8.41 Å². The SMILES string of the molecule is CSCC[C@H](N)C(=O)O.[B]. The molecule has 3 nitrogen and oxygen atoms in total. The molecule has 0 saturated heterocycles. The van der Waals surface area contributed by atoms with Crippen LogP contribution in [0, 0.1) is 0 Å². The molecule has 3 radical (unpaired) electrons. The molecule has 0 unspecified atom stereocenters. The minimum atomic E-state index is -0.913. The third-order valence-corrected chi connectivity index (χ3v) is 1.59. The Labute approximate surface area is 66.9 Å². The van der Waals surface area contributed by atoms with E-state index in [1.165, 1.54) is 0 Å². The minimum absolute atomic E-state index is 0. The highest BCUT2D eigenvalue weighted by atomic mass is 32.2. The molecule has 0 heterocycles. The second kappa shape index (κ2) is 6.96. The largest absolute Gasteiger partial charge is 0.480 e. The minimum Gasteiger partial charge on any atom is -0.480 e. The Morgan fingerprint density at radius 1 is 1.80 bits per heavy atom. The summed E-state index contributed by atoms with van der Waals surface area (Å²) in [4.78, 5) is 10.1. The number of thioether (sulfide) groups is 1. The van der Waals surface area contributed by atoms with Gasteiger partial charge in [-0.2, -0.15) is 11.8 Å². The molecule has 0 aliphatic heterocycles. The van der Waals surface area contributed by atoms with Gasteiger partial charge in [-0.05, 0) is 18.4 Å². The van der Waals surface area contributed by atoms with Crippen molar-refractivity contribution in [2.45, 2.75) is 12.5 Å². The smallest absolute Gasteiger partial charge is 0.320 e. The Bertz CT molecular complexity index is 102. The first-order valence-electron chi connectivity index (χ1n) is 2.65. The van der Waals surface area contributed by atoms with E-state index < -0.39 is 12.0 Å². The first kappa shape index (κ1) is 12.5.